The Labute approximate surface area is 90.3 Å². The average molecular weight is 315 g/mol. The van der Waals surface area contributed by atoms with Crippen molar-refractivity contribution in [2.24, 2.45) is 0 Å². The van der Waals surface area contributed by atoms with Gasteiger partial charge in [-0.05, 0) is 37.9 Å². The topological polar surface area (TPSA) is 38.3 Å². The third-order valence-corrected chi connectivity index (χ3v) is 4.32. The number of rotatable bonds is 2. The van der Waals surface area contributed by atoms with Crippen molar-refractivity contribution in [2.75, 3.05) is 7.11 Å². The predicted molar refractivity (Wildman–Crippen MR) is 54.2 cm³/mol. The van der Waals surface area contributed by atoms with Crippen molar-refractivity contribution in [1.82, 2.24) is 5.48 Å². The summed E-state index contributed by atoms with van der Waals surface area (Å²) in [6.45, 7) is 0. The first-order chi connectivity index (χ1) is 5.65. The van der Waals surface area contributed by atoms with Crippen molar-refractivity contribution < 1.29 is 9.63 Å². The number of hydrogen-bond donors (Lipinski definition) is 1. The maximum atomic E-state index is 11.1. The maximum Gasteiger partial charge on any atom is 0.284 e. The van der Waals surface area contributed by atoms with Gasteiger partial charge in [0.2, 0.25) is 0 Å². The molecular weight excluding hydrogens is 310 g/mol. The second-order valence-corrected chi connectivity index (χ2v) is 5.09. The van der Waals surface area contributed by atoms with Crippen molar-refractivity contribution in [3.8, 4) is 0 Å². The molecule has 1 aromatic rings. The van der Waals surface area contributed by atoms with Crippen LogP contribution >= 0.6 is 43.2 Å². The van der Waals surface area contributed by atoms with Crippen LogP contribution in [0.5, 0.6) is 0 Å². The largest absolute Gasteiger partial charge is 0.284 e. The first-order valence-electron chi connectivity index (χ1n) is 2.93. The quantitative estimate of drug-likeness (QED) is 0.852. The zero-order chi connectivity index (χ0) is 9.14. The van der Waals surface area contributed by atoms with Gasteiger partial charge in [0.1, 0.15) is 0 Å². The van der Waals surface area contributed by atoms with E-state index in [0.29, 0.717) is 4.88 Å². The summed E-state index contributed by atoms with van der Waals surface area (Å²) >= 11 is 7.90. The zero-order valence-electron chi connectivity index (χ0n) is 6.06. The number of nitrogens with one attached hydrogen (secondary N) is 1. The highest BCUT2D eigenvalue weighted by Crippen LogP contribution is 2.32. The van der Waals surface area contributed by atoms with E-state index in [1.807, 2.05) is 0 Å². The molecule has 0 fully saturated rings. The molecule has 1 rings (SSSR count). The Morgan fingerprint density at radius 2 is 2.33 bits per heavy atom. The third-order valence-electron chi connectivity index (χ3n) is 1.06. The minimum atomic E-state index is -0.242. The minimum absolute atomic E-state index is 0.242. The molecule has 0 spiro atoms. The summed E-state index contributed by atoms with van der Waals surface area (Å²) in [5.41, 5.74) is 2.23. The summed E-state index contributed by atoms with van der Waals surface area (Å²) in [5.74, 6) is -0.242. The number of hydrogen-bond acceptors (Lipinski definition) is 3. The summed E-state index contributed by atoms with van der Waals surface area (Å²) in [6, 6.07) is 1.73. The van der Waals surface area contributed by atoms with Crippen LogP contribution in [0.3, 0.4) is 0 Å². The second-order valence-electron chi connectivity index (χ2n) is 1.87. The van der Waals surface area contributed by atoms with Crippen molar-refractivity contribution in [2.45, 2.75) is 0 Å². The van der Waals surface area contributed by atoms with Gasteiger partial charge in [0.15, 0.2) is 0 Å². The summed E-state index contributed by atoms with van der Waals surface area (Å²) in [7, 11) is 1.40. The number of thiophene rings is 1. The monoisotopic (exact) mass is 313 g/mol. The van der Waals surface area contributed by atoms with E-state index in [1.54, 1.807) is 6.07 Å². The van der Waals surface area contributed by atoms with Gasteiger partial charge in [-0.2, -0.15) is 0 Å². The van der Waals surface area contributed by atoms with E-state index in [0.717, 1.165) is 8.26 Å². The maximum absolute atomic E-state index is 11.1. The Morgan fingerprint density at radius 1 is 1.67 bits per heavy atom. The lowest BCUT2D eigenvalue weighted by atomic mass is 10.5. The Morgan fingerprint density at radius 3 is 2.75 bits per heavy atom. The van der Waals surface area contributed by atoms with Crippen LogP contribution < -0.4 is 5.48 Å². The van der Waals surface area contributed by atoms with Crippen LogP contribution in [0.1, 0.15) is 9.67 Å². The SMILES string of the molecule is CONC(=O)c1cc(Br)c(Br)s1. The summed E-state index contributed by atoms with van der Waals surface area (Å²) in [4.78, 5) is 16.2. The molecule has 0 saturated heterocycles. The summed E-state index contributed by atoms with van der Waals surface area (Å²) < 4.78 is 1.76. The molecule has 0 saturated carbocycles. The molecule has 0 aliphatic rings. The molecule has 0 aliphatic heterocycles. The van der Waals surface area contributed by atoms with E-state index < -0.39 is 0 Å². The van der Waals surface area contributed by atoms with Crippen molar-refractivity contribution in [3.63, 3.8) is 0 Å². The van der Waals surface area contributed by atoms with E-state index in [4.69, 9.17) is 0 Å². The van der Waals surface area contributed by atoms with Crippen LogP contribution in [0.25, 0.3) is 0 Å². The van der Waals surface area contributed by atoms with Crippen LogP contribution in [0.4, 0.5) is 0 Å². The lowest BCUT2D eigenvalue weighted by molar-refractivity contribution is 0.0542. The number of carbonyl (C=O) groups is 1. The van der Waals surface area contributed by atoms with E-state index in [9.17, 15) is 4.79 Å². The van der Waals surface area contributed by atoms with E-state index in [-0.39, 0.29) is 5.91 Å². The van der Waals surface area contributed by atoms with Crippen molar-refractivity contribution in [1.29, 1.82) is 0 Å². The van der Waals surface area contributed by atoms with Crippen molar-refractivity contribution >= 4 is 49.1 Å². The number of hydroxylamine groups is 1. The first-order valence-corrected chi connectivity index (χ1v) is 5.33. The molecular formula is C6H5Br2NO2S. The van der Waals surface area contributed by atoms with Gasteiger partial charge in [-0.15, -0.1) is 11.3 Å². The molecule has 0 aliphatic carbocycles. The fourth-order valence-electron chi connectivity index (χ4n) is 0.601. The molecule has 1 amide bonds. The van der Waals surface area contributed by atoms with Crippen LogP contribution in [0.2, 0.25) is 0 Å². The minimum Gasteiger partial charge on any atom is -0.277 e. The average Bonchev–Trinajstić information content (AvgIpc) is 2.33. The molecule has 0 radical (unpaired) electrons. The molecule has 6 heteroatoms. The highest BCUT2D eigenvalue weighted by atomic mass is 79.9. The fourth-order valence-corrected chi connectivity index (χ4v) is 2.52. The van der Waals surface area contributed by atoms with Crippen LogP contribution in [-0.4, -0.2) is 13.0 Å². The van der Waals surface area contributed by atoms with E-state index >= 15 is 0 Å². The van der Waals surface area contributed by atoms with Crippen molar-refractivity contribution in [3.05, 3.63) is 19.2 Å². The predicted octanol–water partition coefficient (Wildman–Crippen LogP) is 2.56. The first kappa shape index (κ1) is 10.2. The summed E-state index contributed by atoms with van der Waals surface area (Å²) in [5, 5.41) is 0. The molecule has 0 atom stereocenters. The molecule has 1 heterocycles. The molecule has 0 bridgehead atoms. The zero-order valence-corrected chi connectivity index (χ0v) is 10.0. The molecule has 3 nitrogen and oxygen atoms in total. The van der Waals surface area contributed by atoms with Crippen LogP contribution in [0.15, 0.2) is 14.3 Å². The van der Waals surface area contributed by atoms with Gasteiger partial charge in [-0.25, -0.2) is 5.48 Å². The molecule has 0 aromatic carbocycles. The lowest BCUT2D eigenvalue weighted by Crippen LogP contribution is -2.20. The Bertz CT molecular complexity index is 280. The highest BCUT2D eigenvalue weighted by molar-refractivity contribution is 9.13. The second kappa shape index (κ2) is 4.36. The Kier molecular flexibility index (Phi) is 3.70. The van der Waals surface area contributed by atoms with Gasteiger partial charge in [-0.3, -0.25) is 9.63 Å². The normalized spacial score (nSPS) is 9.92. The number of carbonyl (C=O) groups excluding carboxylic acids is 1. The smallest absolute Gasteiger partial charge is 0.277 e. The third kappa shape index (κ3) is 2.29. The van der Waals surface area contributed by atoms with Gasteiger partial charge in [0.25, 0.3) is 5.91 Å². The molecule has 66 valence electrons. The molecule has 1 N–H and O–H groups in total. The summed E-state index contributed by atoms with van der Waals surface area (Å²) in [6.07, 6.45) is 0. The van der Waals surface area contributed by atoms with Gasteiger partial charge in [0, 0.05) is 4.47 Å². The Hall–Kier alpha value is 0.0900. The van der Waals surface area contributed by atoms with E-state index in [1.165, 1.54) is 18.4 Å². The van der Waals surface area contributed by atoms with Gasteiger partial charge in [0.05, 0.1) is 15.8 Å². The van der Waals surface area contributed by atoms with E-state index in [2.05, 4.69) is 42.2 Å². The fraction of sp³-hybridized carbons (Fsp3) is 0.167. The lowest BCUT2D eigenvalue weighted by Gasteiger charge is -1.96. The number of amides is 1. The van der Waals surface area contributed by atoms with Gasteiger partial charge in [-0.1, -0.05) is 0 Å². The van der Waals surface area contributed by atoms with Gasteiger partial charge < -0.3 is 0 Å². The molecule has 1 aromatic heterocycles. The van der Waals surface area contributed by atoms with Crippen LogP contribution in [-0.2, 0) is 4.84 Å². The molecule has 0 unspecified atom stereocenters. The standard InChI is InChI=1S/C6H5Br2NO2S/c1-11-9-6(10)4-2-3(7)5(8)12-4/h2H,1H3,(H,9,10). The Balaban J connectivity index is 2.82. The van der Waals surface area contributed by atoms with Crippen LogP contribution in [0, 0.1) is 0 Å². The number of halogens is 2. The highest BCUT2D eigenvalue weighted by Gasteiger charge is 2.10. The molecule has 12 heavy (non-hydrogen) atoms. The van der Waals surface area contributed by atoms with Gasteiger partial charge >= 0.3 is 0 Å².